The molecule has 10 heteroatoms. The second kappa shape index (κ2) is 13.2. The summed E-state index contributed by atoms with van der Waals surface area (Å²) in [4.78, 5) is 11.7. The maximum absolute atomic E-state index is 11.7. The van der Waals surface area contributed by atoms with Crippen molar-refractivity contribution in [3.63, 3.8) is 0 Å². The van der Waals surface area contributed by atoms with Gasteiger partial charge in [-0.3, -0.25) is 0 Å². The molecule has 1 unspecified atom stereocenters. The molecule has 0 aromatic carbocycles. The van der Waals surface area contributed by atoms with E-state index in [0.717, 1.165) is 12.5 Å². The Morgan fingerprint density at radius 2 is 1.59 bits per heavy atom. The summed E-state index contributed by atoms with van der Waals surface area (Å²) >= 11 is 0. The summed E-state index contributed by atoms with van der Waals surface area (Å²) in [7, 11) is -6.22. The van der Waals surface area contributed by atoms with Crippen LogP contribution in [0.15, 0.2) is 12.2 Å². The maximum atomic E-state index is 11.7. The minimum atomic E-state index is -2.55. The molecule has 0 aliphatic heterocycles. The molecular weight excluding hydrogens is 424 g/mol. The molecule has 0 radical (unpaired) electrons. The van der Waals surface area contributed by atoms with Crippen LogP contribution in [0.3, 0.4) is 0 Å². The van der Waals surface area contributed by atoms with Crippen molar-refractivity contribution >= 4 is 31.2 Å². The van der Waals surface area contributed by atoms with Crippen LogP contribution in [-0.2, 0) is 27.2 Å². The molecule has 0 saturated heterocycles. The summed E-state index contributed by atoms with van der Waals surface area (Å²) < 4.78 is 30.0. The van der Waals surface area contributed by atoms with Crippen molar-refractivity contribution in [2.75, 3.05) is 32.7 Å². The van der Waals surface area contributed by atoms with Crippen molar-refractivity contribution in [1.82, 2.24) is 0 Å². The highest BCUT2D eigenvalue weighted by atomic mass is 28.5. The van der Waals surface area contributed by atoms with Crippen molar-refractivity contribution in [3.8, 4) is 0 Å². The lowest BCUT2D eigenvalue weighted by Crippen LogP contribution is -2.58. The summed E-state index contributed by atoms with van der Waals surface area (Å²) in [6, 6.07) is 0.869. The quantitative estimate of drug-likeness (QED) is 0.211. The molecule has 0 spiro atoms. The molecular formula is C19H42O7Si3. The third-order valence-corrected chi connectivity index (χ3v) is 13.2. The first-order valence-electron chi connectivity index (χ1n) is 10.3. The van der Waals surface area contributed by atoms with Crippen LogP contribution in [0.25, 0.3) is 0 Å². The molecule has 0 saturated carbocycles. The number of aliphatic hydroxyl groups excluding tert-OH is 1. The van der Waals surface area contributed by atoms with Crippen molar-refractivity contribution in [1.29, 1.82) is 0 Å². The standard InChI is InChI=1S/C19H42O7Si3/c1-10-13-29(25-27(4,5)6,26-28(7,8)9)16-22-14-18(23-12-11-20)15-24-19(21)17(2)3/h18,20H,2,10-16H2,1,3-9H3. The lowest BCUT2D eigenvalue weighted by atomic mass is 10.3. The van der Waals surface area contributed by atoms with Crippen LogP contribution in [0, 0.1) is 0 Å². The van der Waals surface area contributed by atoms with Gasteiger partial charge in [0.1, 0.15) is 12.7 Å². The van der Waals surface area contributed by atoms with Crippen LogP contribution in [0.4, 0.5) is 0 Å². The molecule has 7 nitrogen and oxygen atoms in total. The van der Waals surface area contributed by atoms with Gasteiger partial charge >= 0.3 is 14.5 Å². The van der Waals surface area contributed by atoms with Gasteiger partial charge in [-0.15, -0.1) is 0 Å². The highest BCUT2D eigenvalue weighted by molar-refractivity contribution is 6.88. The van der Waals surface area contributed by atoms with Gasteiger partial charge in [0.25, 0.3) is 0 Å². The molecule has 0 aromatic heterocycles. The van der Waals surface area contributed by atoms with Crippen LogP contribution in [0.5, 0.6) is 0 Å². The van der Waals surface area contributed by atoms with E-state index in [2.05, 4.69) is 52.8 Å². The summed E-state index contributed by atoms with van der Waals surface area (Å²) in [6.45, 7) is 20.6. The number of esters is 1. The van der Waals surface area contributed by atoms with E-state index in [1.165, 1.54) is 0 Å². The summed E-state index contributed by atoms with van der Waals surface area (Å²) in [5.74, 6) is -0.471. The van der Waals surface area contributed by atoms with Crippen LogP contribution in [-0.4, -0.2) is 75.0 Å². The number of hydrogen-bond acceptors (Lipinski definition) is 7. The smallest absolute Gasteiger partial charge is 0.344 e. The maximum Gasteiger partial charge on any atom is 0.344 e. The van der Waals surface area contributed by atoms with Crippen molar-refractivity contribution in [2.45, 2.75) is 71.7 Å². The fourth-order valence-corrected chi connectivity index (χ4v) is 14.8. The SMILES string of the molecule is C=C(C)C(=O)OCC(COC[Si](CCC)(O[Si](C)(C)C)O[Si](C)(C)C)OCCO. The van der Waals surface area contributed by atoms with Gasteiger partial charge in [-0.05, 0) is 52.2 Å². The van der Waals surface area contributed by atoms with Crippen LogP contribution in [0.1, 0.15) is 20.3 Å². The highest BCUT2D eigenvalue weighted by Gasteiger charge is 2.44. The molecule has 0 fully saturated rings. The topological polar surface area (TPSA) is 83.5 Å². The van der Waals surface area contributed by atoms with Crippen LogP contribution < -0.4 is 0 Å². The Morgan fingerprint density at radius 3 is 2.00 bits per heavy atom. The van der Waals surface area contributed by atoms with Gasteiger partial charge in [-0.1, -0.05) is 19.9 Å². The summed E-state index contributed by atoms with van der Waals surface area (Å²) in [5, 5.41) is 9.05. The third-order valence-electron chi connectivity index (χ3n) is 3.43. The van der Waals surface area contributed by atoms with E-state index in [4.69, 9.17) is 27.5 Å². The Bertz CT molecular complexity index is 485. The molecule has 1 atom stereocenters. The fraction of sp³-hybridized carbons (Fsp3) is 0.842. The second-order valence-electron chi connectivity index (χ2n) is 9.20. The Hall–Kier alpha value is -0.339. The number of aliphatic hydroxyl groups is 1. The van der Waals surface area contributed by atoms with E-state index in [9.17, 15) is 4.79 Å². The van der Waals surface area contributed by atoms with E-state index in [0.29, 0.717) is 11.8 Å². The molecule has 0 aliphatic rings. The van der Waals surface area contributed by atoms with E-state index in [1.54, 1.807) is 6.92 Å². The lowest BCUT2D eigenvalue weighted by Gasteiger charge is -2.40. The molecule has 0 aromatic rings. The minimum Gasteiger partial charge on any atom is -0.459 e. The van der Waals surface area contributed by atoms with Gasteiger partial charge in [-0.25, -0.2) is 4.79 Å². The van der Waals surface area contributed by atoms with Gasteiger partial charge in [0.15, 0.2) is 16.6 Å². The monoisotopic (exact) mass is 466 g/mol. The third kappa shape index (κ3) is 14.3. The van der Waals surface area contributed by atoms with E-state index >= 15 is 0 Å². The first-order chi connectivity index (χ1) is 13.2. The molecule has 29 heavy (non-hydrogen) atoms. The normalized spacial score (nSPS) is 14.0. The average Bonchev–Trinajstić information content (AvgIpc) is 2.53. The van der Waals surface area contributed by atoms with Crippen molar-refractivity contribution < 1.29 is 32.3 Å². The summed E-state index contributed by atoms with van der Waals surface area (Å²) in [6.07, 6.45) is 0.895. The second-order valence-corrected chi connectivity index (χ2v) is 21.9. The number of rotatable bonds is 16. The Kier molecular flexibility index (Phi) is 13.0. The van der Waals surface area contributed by atoms with Gasteiger partial charge in [0, 0.05) is 5.57 Å². The first-order valence-corrected chi connectivity index (χ1v) is 19.3. The predicted molar refractivity (Wildman–Crippen MR) is 123 cm³/mol. The van der Waals surface area contributed by atoms with Gasteiger partial charge in [0.05, 0.1) is 26.1 Å². The predicted octanol–water partition coefficient (Wildman–Crippen LogP) is 3.59. The first kappa shape index (κ1) is 28.7. The van der Waals surface area contributed by atoms with E-state index in [-0.39, 0.29) is 26.4 Å². The van der Waals surface area contributed by atoms with Gasteiger partial charge in [-0.2, -0.15) is 0 Å². The van der Waals surface area contributed by atoms with Gasteiger partial charge in [0.2, 0.25) is 0 Å². The Labute approximate surface area is 180 Å². The highest BCUT2D eigenvalue weighted by Crippen LogP contribution is 2.26. The Balaban J connectivity index is 5.14. The van der Waals surface area contributed by atoms with Crippen LogP contribution >= 0.6 is 0 Å². The van der Waals surface area contributed by atoms with E-state index < -0.39 is 37.3 Å². The van der Waals surface area contributed by atoms with Crippen molar-refractivity contribution in [3.05, 3.63) is 12.2 Å². The minimum absolute atomic E-state index is 0.0395. The zero-order valence-corrected chi connectivity index (χ0v) is 22.6. The fourth-order valence-electron chi connectivity index (χ4n) is 2.75. The number of hydrogen-bond donors (Lipinski definition) is 1. The van der Waals surface area contributed by atoms with Gasteiger partial charge < -0.3 is 27.5 Å². The molecule has 172 valence electrons. The molecule has 0 rings (SSSR count). The Morgan fingerprint density at radius 1 is 1.03 bits per heavy atom. The number of carbonyl (C=O) groups is 1. The summed E-state index contributed by atoms with van der Waals surface area (Å²) in [5.41, 5.74) is 0.327. The molecule has 0 amide bonds. The lowest BCUT2D eigenvalue weighted by molar-refractivity contribution is -0.145. The number of carbonyl (C=O) groups excluding carboxylic acids is 1. The van der Waals surface area contributed by atoms with Crippen LogP contribution in [0.2, 0.25) is 45.3 Å². The molecule has 0 bridgehead atoms. The molecule has 1 N–H and O–H groups in total. The van der Waals surface area contributed by atoms with E-state index in [1.807, 2.05) is 0 Å². The molecule has 0 heterocycles. The zero-order chi connectivity index (χ0) is 22.7. The molecule has 0 aliphatic carbocycles. The zero-order valence-electron chi connectivity index (χ0n) is 19.6. The largest absolute Gasteiger partial charge is 0.459 e. The number of ether oxygens (including phenoxy) is 3. The van der Waals surface area contributed by atoms with Crippen molar-refractivity contribution in [2.24, 2.45) is 0 Å². The average molecular weight is 467 g/mol.